The average molecular weight is 204 g/mol. The van der Waals surface area contributed by atoms with Crippen molar-refractivity contribution in [1.29, 1.82) is 5.26 Å². The summed E-state index contributed by atoms with van der Waals surface area (Å²) in [6.07, 6.45) is 1.32. The highest BCUT2D eigenvalue weighted by Crippen LogP contribution is 2.19. The molecule has 0 aliphatic carbocycles. The van der Waals surface area contributed by atoms with Gasteiger partial charge in [-0.25, -0.2) is 0 Å². The number of hydrogen-bond donors (Lipinski definition) is 2. The molecule has 1 rings (SSSR count). The maximum atomic E-state index is 9.59. The third kappa shape index (κ3) is 3.61. The number of nitrogen functional groups attached to an aromatic ring is 1. The fourth-order valence-corrected chi connectivity index (χ4v) is 1.33. The van der Waals surface area contributed by atoms with Crippen molar-refractivity contribution in [3.8, 4) is 6.07 Å². The summed E-state index contributed by atoms with van der Waals surface area (Å²) in [5.41, 5.74) is 7.30. The van der Waals surface area contributed by atoms with E-state index in [0.29, 0.717) is 24.1 Å². The number of hydrogen-bond acceptors (Lipinski definition) is 3. The van der Waals surface area contributed by atoms with E-state index in [4.69, 9.17) is 11.0 Å². The maximum absolute atomic E-state index is 9.59. The van der Waals surface area contributed by atoms with Gasteiger partial charge in [-0.1, -0.05) is 0 Å². The molecule has 0 unspecified atom stereocenters. The number of nitriles is 1. The van der Waals surface area contributed by atoms with E-state index in [1.807, 2.05) is 0 Å². The monoisotopic (exact) mass is 204 g/mol. The Kier molecular flexibility index (Phi) is 3.33. The van der Waals surface area contributed by atoms with E-state index in [0.717, 1.165) is 5.56 Å². The lowest BCUT2D eigenvalue weighted by Crippen LogP contribution is -2.19. The second-order valence-electron chi connectivity index (χ2n) is 4.34. The van der Waals surface area contributed by atoms with Crippen LogP contribution in [-0.4, -0.2) is 10.7 Å². The van der Waals surface area contributed by atoms with Crippen LogP contribution in [0.25, 0.3) is 0 Å². The number of anilines is 1. The van der Waals surface area contributed by atoms with Crippen molar-refractivity contribution < 1.29 is 5.11 Å². The van der Waals surface area contributed by atoms with E-state index < -0.39 is 5.60 Å². The zero-order valence-electron chi connectivity index (χ0n) is 9.12. The molecular weight excluding hydrogens is 188 g/mol. The molecule has 0 saturated carbocycles. The zero-order chi connectivity index (χ0) is 11.5. The number of nitrogens with zero attached hydrogens (tertiary/aromatic N) is 1. The van der Waals surface area contributed by atoms with Crippen LogP contribution >= 0.6 is 0 Å². The van der Waals surface area contributed by atoms with E-state index in [2.05, 4.69) is 6.07 Å². The predicted octanol–water partition coefficient (Wildman–Crippen LogP) is 1.84. The van der Waals surface area contributed by atoms with Crippen molar-refractivity contribution in [3.05, 3.63) is 29.3 Å². The highest BCUT2D eigenvalue weighted by molar-refractivity contribution is 5.51. The molecule has 0 radical (unpaired) electrons. The van der Waals surface area contributed by atoms with Crippen molar-refractivity contribution in [2.75, 3.05) is 5.73 Å². The van der Waals surface area contributed by atoms with Gasteiger partial charge in [-0.05, 0) is 50.5 Å². The van der Waals surface area contributed by atoms with E-state index >= 15 is 0 Å². The molecule has 15 heavy (non-hydrogen) atoms. The number of aryl methyl sites for hydroxylation is 1. The van der Waals surface area contributed by atoms with E-state index in [-0.39, 0.29) is 0 Å². The molecule has 1 aromatic rings. The average Bonchev–Trinajstić information content (AvgIpc) is 2.15. The first kappa shape index (κ1) is 11.5. The Balaban J connectivity index is 2.81. The van der Waals surface area contributed by atoms with Crippen LogP contribution in [0.1, 0.15) is 31.4 Å². The first-order chi connectivity index (χ1) is 6.92. The summed E-state index contributed by atoms with van der Waals surface area (Å²) in [7, 11) is 0. The number of rotatable bonds is 3. The summed E-state index contributed by atoms with van der Waals surface area (Å²) >= 11 is 0. The Hall–Kier alpha value is -1.53. The first-order valence-electron chi connectivity index (χ1n) is 4.93. The minimum atomic E-state index is -0.699. The lowest BCUT2D eigenvalue weighted by Gasteiger charge is -2.17. The summed E-state index contributed by atoms with van der Waals surface area (Å²) in [5, 5.41) is 18.3. The third-order valence-electron chi connectivity index (χ3n) is 2.28. The van der Waals surface area contributed by atoms with Crippen LogP contribution in [0.2, 0.25) is 0 Å². The molecule has 0 bridgehead atoms. The Morgan fingerprint density at radius 1 is 1.47 bits per heavy atom. The highest BCUT2D eigenvalue weighted by atomic mass is 16.3. The predicted molar refractivity (Wildman–Crippen MR) is 60.2 cm³/mol. The Bertz CT molecular complexity index is 386. The summed E-state index contributed by atoms with van der Waals surface area (Å²) in [5.74, 6) is 0. The maximum Gasteiger partial charge on any atom is 0.0991 e. The fraction of sp³-hybridized carbons (Fsp3) is 0.417. The van der Waals surface area contributed by atoms with Gasteiger partial charge < -0.3 is 10.8 Å². The molecule has 0 amide bonds. The standard InChI is InChI=1S/C12H16N2O/c1-12(2,15)6-5-10-7-9(8-13)3-4-11(10)14/h3-4,7,15H,5-6,14H2,1-2H3. The van der Waals surface area contributed by atoms with E-state index in [1.165, 1.54) is 0 Å². The van der Waals surface area contributed by atoms with Crippen LogP contribution in [0.3, 0.4) is 0 Å². The molecule has 0 aliphatic heterocycles. The Morgan fingerprint density at radius 2 is 2.13 bits per heavy atom. The summed E-state index contributed by atoms with van der Waals surface area (Å²) in [6, 6.07) is 7.28. The molecule has 0 aromatic heterocycles. The second-order valence-corrected chi connectivity index (χ2v) is 4.34. The lowest BCUT2D eigenvalue weighted by atomic mass is 9.97. The van der Waals surface area contributed by atoms with Gasteiger partial charge in [-0.2, -0.15) is 5.26 Å². The van der Waals surface area contributed by atoms with Crippen molar-refractivity contribution >= 4 is 5.69 Å². The van der Waals surface area contributed by atoms with Gasteiger partial charge in [0.2, 0.25) is 0 Å². The molecule has 0 saturated heterocycles. The smallest absolute Gasteiger partial charge is 0.0991 e. The molecule has 0 atom stereocenters. The molecular formula is C12H16N2O. The van der Waals surface area contributed by atoms with Gasteiger partial charge in [0.1, 0.15) is 0 Å². The van der Waals surface area contributed by atoms with Crippen molar-refractivity contribution in [1.82, 2.24) is 0 Å². The summed E-state index contributed by atoms with van der Waals surface area (Å²) in [4.78, 5) is 0. The van der Waals surface area contributed by atoms with Gasteiger partial charge in [0, 0.05) is 5.69 Å². The largest absolute Gasteiger partial charge is 0.399 e. The molecule has 0 spiro atoms. The van der Waals surface area contributed by atoms with Crippen LogP contribution in [-0.2, 0) is 6.42 Å². The Labute approximate surface area is 90.1 Å². The van der Waals surface area contributed by atoms with Crippen LogP contribution in [0.4, 0.5) is 5.69 Å². The van der Waals surface area contributed by atoms with Gasteiger partial charge >= 0.3 is 0 Å². The fourth-order valence-electron chi connectivity index (χ4n) is 1.33. The minimum Gasteiger partial charge on any atom is -0.399 e. The normalized spacial score (nSPS) is 11.1. The zero-order valence-corrected chi connectivity index (χ0v) is 9.12. The summed E-state index contributed by atoms with van der Waals surface area (Å²) in [6.45, 7) is 3.52. The Morgan fingerprint density at radius 3 is 2.67 bits per heavy atom. The van der Waals surface area contributed by atoms with Gasteiger partial charge in [0.15, 0.2) is 0 Å². The van der Waals surface area contributed by atoms with Crippen LogP contribution < -0.4 is 5.73 Å². The molecule has 3 N–H and O–H groups in total. The van der Waals surface area contributed by atoms with Gasteiger partial charge in [0.25, 0.3) is 0 Å². The molecule has 80 valence electrons. The molecule has 0 heterocycles. The molecule has 3 heteroatoms. The van der Waals surface area contributed by atoms with E-state index in [1.54, 1.807) is 32.0 Å². The first-order valence-corrected chi connectivity index (χ1v) is 4.93. The number of benzene rings is 1. The number of nitrogens with two attached hydrogens (primary N) is 1. The molecule has 1 aromatic carbocycles. The van der Waals surface area contributed by atoms with E-state index in [9.17, 15) is 5.11 Å². The van der Waals surface area contributed by atoms with Crippen LogP contribution in [0.5, 0.6) is 0 Å². The van der Waals surface area contributed by atoms with Crippen LogP contribution in [0, 0.1) is 11.3 Å². The quantitative estimate of drug-likeness (QED) is 0.738. The number of aliphatic hydroxyl groups is 1. The van der Waals surface area contributed by atoms with Gasteiger partial charge in [-0.15, -0.1) is 0 Å². The second kappa shape index (κ2) is 4.33. The summed E-state index contributed by atoms with van der Waals surface area (Å²) < 4.78 is 0. The SMILES string of the molecule is CC(C)(O)CCc1cc(C#N)ccc1N. The molecule has 0 aliphatic rings. The van der Waals surface area contributed by atoms with Gasteiger partial charge in [-0.3, -0.25) is 0 Å². The van der Waals surface area contributed by atoms with Gasteiger partial charge in [0.05, 0.1) is 17.2 Å². The molecule has 0 fully saturated rings. The topological polar surface area (TPSA) is 70.0 Å². The third-order valence-corrected chi connectivity index (χ3v) is 2.28. The molecule has 3 nitrogen and oxygen atoms in total. The van der Waals surface area contributed by atoms with Crippen molar-refractivity contribution in [2.45, 2.75) is 32.3 Å². The lowest BCUT2D eigenvalue weighted by molar-refractivity contribution is 0.0714. The minimum absolute atomic E-state index is 0.606. The van der Waals surface area contributed by atoms with Crippen LogP contribution in [0.15, 0.2) is 18.2 Å². The van der Waals surface area contributed by atoms with Crippen molar-refractivity contribution in [3.63, 3.8) is 0 Å². The van der Waals surface area contributed by atoms with Crippen molar-refractivity contribution in [2.24, 2.45) is 0 Å². The highest BCUT2D eigenvalue weighted by Gasteiger charge is 2.13.